The van der Waals surface area contributed by atoms with Gasteiger partial charge < -0.3 is 4.74 Å². The van der Waals surface area contributed by atoms with E-state index in [0.717, 1.165) is 11.3 Å². The first kappa shape index (κ1) is 11.6. The number of ether oxygens (including phenoxy) is 1. The van der Waals surface area contributed by atoms with Crippen LogP contribution in [0.1, 0.15) is 17.7 Å². The van der Waals surface area contributed by atoms with Crippen LogP contribution in [0.15, 0.2) is 36.5 Å². The van der Waals surface area contributed by atoms with Gasteiger partial charge in [0.25, 0.3) is 6.43 Å². The van der Waals surface area contributed by atoms with E-state index in [1.165, 1.54) is 10.7 Å². The predicted octanol–water partition coefficient (Wildman–Crippen LogP) is 2.88. The summed E-state index contributed by atoms with van der Waals surface area (Å²) in [6.07, 6.45) is -0.974. The van der Waals surface area contributed by atoms with Crippen molar-refractivity contribution in [2.45, 2.75) is 13.0 Å². The molecular formula is C12H12F2N2O. The molecular weight excluding hydrogens is 226 g/mol. The minimum atomic E-state index is -2.52. The number of hydrogen-bond acceptors (Lipinski definition) is 2. The molecule has 0 unspecified atom stereocenters. The van der Waals surface area contributed by atoms with Crippen molar-refractivity contribution < 1.29 is 13.5 Å². The van der Waals surface area contributed by atoms with Crippen LogP contribution in [0, 0.1) is 0 Å². The molecule has 0 saturated carbocycles. The second-order valence-electron chi connectivity index (χ2n) is 3.59. The number of nitrogens with zero attached hydrogens (tertiary/aromatic N) is 2. The Morgan fingerprint density at radius 3 is 2.47 bits per heavy atom. The van der Waals surface area contributed by atoms with Crippen molar-refractivity contribution in [1.29, 1.82) is 0 Å². The Labute approximate surface area is 97.6 Å². The lowest BCUT2D eigenvalue weighted by Crippen LogP contribution is -2.01. The van der Waals surface area contributed by atoms with Gasteiger partial charge in [-0.15, -0.1) is 0 Å². The zero-order chi connectivity index (χ0) is 12.3. The number of alkyl halides is 2. The highest BCUT2D eigenvalue weighted by Crippen LogP contribution is 2.16. The van der Waals surface area contributed by atoms with E-state index in [1.54, 1.807) is 13.3 Å². The van der Waals surface area contributed by atoms with E-state index >= 15 is 0 Å². The fourth-order valence-electron chi connectivity index (χ4n) is 1.50. The molecule has 0 aliphatic carbocycles. The van der Waals surface area contributed by atoms with Crippen molar-refractivity contribution in [3.63, 3.8) is 0 Å². The first-order valence-corrected chi connectivity index (χ1v) is 5.13. The number of halogens is 2. The maximum absolute atomic E-state index is 12.3. The molecule has 1 heterocycles. The Kier molecular flexibility index (Phi) is 3.37. The molecule has 0 fully saturated rings. The number of methoxy groups -OCH3 is 1. The van der Waals surface area contributed by atoms with Gasteiger partial charge >= 0.3 is 0 Å². The Hall–Kier alpha value is -1.91. The van der Waals surface area contributed by atoms with Gasteiger partial charge in [0.05, 0.1) is 13.7 Å². The zero-order valence-electron chi connectivity index (χ0n) is 9.31. The molecule has 2 rings (SSSR count). The second kappa shape index (κ2) is 4.95. The van der Waals surface area contributed by atoms with Crippen molar-refractivity contribution in [3.8, 4) is 5.75 Å². The Morgan fingerprint density at radius 2 is 1.94 bits per heavy atom. The van der Waals surface area contributed by atoms with Crippen LogP contribution >= 0.6 is 0 Å². The highest BCUT2D eigenvalue weighted by Gasteiger charge is 2.10. The maximum Gasteiger partial charge on any atom is 0.282 e. The molecule has 0 aliphatic heterocycles. The average molecular weight is 238 g/mol. The molecule has 0 bridgehead atoms. The molecule has 17 heavy (non-hydrogen) atoms. The minimum absolute atomic E-state index is 0.196. The van der Waals surface area contributed by atoms with Gasteiger partial charge in [-0.1, -0.05) is 12.1 Å². The molecule has 0 spiro atoms. The summed E-state index contributed by atoms with van der Waals surface area (Å²) in [6, 6.07) is 8.74. The predicted molar refractivity (Wildman–Crippen MR) is 59.3 cm³/mol. The molecule has 0 radical (unpaired) electrons. The lowest BCUT2D eigenvalue weighted by Gasteiger charge is -2.03. The zero-order valence-corrected chi connectivity index (χ0v) is 9.31. The monoisotopic (exact) mass is 238 g/mol. The lowest BCUT2D eigenvalue weighted by molar-refractivity contribution is 0.145. The van der Waals surface area contributed by atoms with E-state index < -0.39 is 6.43 Å². The van der Waals surface area contributed by atoms with Crippen molar-refractivity contribution in [2.24, 2.45) is 0 Å². The second-order valence-corrected chi connectivity index (χ2v) is 3.59. The van der Waals surface area contributed by atoms with Crippen LogP contribution in [0.3, 0.4) is 0 Å². The molecule has 1 aromatic carbocycles. The first-order valence-electron chi connectivity index (χ1n) is 5.13. The number of rotatable bonds is 4. The van der Waals surface area contributed by atoms with Gasteiger partial charge in [-0.2, -0.15) is 5.10 Å². The van der Waals surface area contributed by atoms with E-state index in [9.17, 15) is 8.78 Å². The number of hydrogen-bond donors (Lipinski definition) is 0. The molecule has 2 aromatic rings. The fourth-order valence-corrected chi connectivity index (χ4v) is 1.50. The van der Waals surface area contributed by atoms with Crippen molar-refractivity contribution >= 4 is 0 Å². The average Bonchev–Trinajstić information content (AvgIpc) is 2.79. The molecule has 0 atom stereocenters. The third-order valence-corrected chi connectivity index (χ3v) is 2.39. The van der Waals surface area contributed by atoms with E-state index in [4.69, 9.17) is 4.74 Å². The topological polar surface area (TPSA) is 27.1 Å². The summed E-state index contributed by atoms with van der Waals surface area (Å²) in [5.74, 6) is 0.766. The Bertz CT molecular complexity index is 480. The van der Waals surface area contributed by atoms with Gasteiger partial charge in [0.1, 0.15) is 11.4 Å². The standard InChI is InChI=1S/C12H12F2N2O/c1-17-10-4-2-9(3-5-10)8-16-7-6-11(15-16)12(13)14/h2-7,12H,8H2,1H3. The largest absolute Gasteiger partial charge is 0.497 e. The molecule has 0 saturated heterocycles. The van der Waals surface area contributed by atoms with Crippen molar-refractivity contribution in [2.75, 3.05) is 7.11 Å². The highest BCUT2D eigenvalue weighted by atomic mass is 19.3. The van der Waals surface area contributed by atoms with Crippen LogP contribution in [0.4, 0.5) is 8.78 Å². The number of aromatic nitrogens is 2. The van der Waals surface area contributed by atoms with Gasteiger partial charge in [0.15, 0.2) is 0 Å². The molecule has 0 aliphatic rings. The van der Waals surface area contributed by atoms with Crippen molar-refractivity contribution in [3.05, 3.63) is 47.8 Å². The SMILES string of the molecule is COc1ccc(Cn2ccc(C(F)F)n2)cc1. The molecule has 0 N–H and O–H groups in total. The van der Waals surface area contributed by atoms with Crippen LogP contribution in [-0.4, -0.2) is 16.9 Å². The van der Waals surface area contributed by atoms with Crippen LogP contribution < -0.4 is 4.74 Å². The third kappa shape index (κ3) is 2.81. The van der Waals surface area contributed by atoms with E-state index in [0.29, 0.717) is 6.54 Å². The smallest absolute Gasteiger partial charge is 0.282 e. The first-order chi connectivity index (χ1) is 8.19. The van der Waals surface area contributed by atoms with Gasteiger partial charge in [0, 0.05) is 6.20 Å². The normalized spacial score (nSPS) is 10.8. The van der Waals surface area contributed by atoms with Crippen molar-refractivity contribution in [1.82, 2.24) is 9.78 Å². The van der Waals surface area contributed by atoms with Crippen LogP contribution in [-0.2, 0) is 6.54 Å². The van der Waals surface area contributed by atoms with E-state index in [1.807, 2.05) is 24.3 Å². The van der Waals surface area contributed by atoms with Gasteiger partial charge in [0.2, 0.25) is 0 Å². The van der Waals surface area contributed by atoms with Gasteiger partial charge in [-0.3, -0.25) is 4.68 Å². The summed E-state index contributed by atoms with van der Waals surface area (Å²) < 4.78 is 31.2. The van der Waals surface area contributed by atoms with Crippen LogP contribution in [0.25, 0.3) is 0 Å². The summed E-state index contributed by atoms with van der Waals surface area (Å²) in [4.78, 5) is 0. The highest BCUT2D eigenvalue weighted by molar-refractivity contribution is 5.27. The van der Waals surface area contributed by atoms with Crippen LogP contribution in [0.2, 0.25) is 0 Å². The molecule has 1 aromatic heterocycles. The lowest BCUT2D eigenvalue weighted by atomic mass is 10.2. The van der Waals surface area contributed by atoms with E-state index in [-0.39, 0.29) is 5.69 Å². The Morgan fingerprint density at radius 1 is 1.24 bits per heavy atom. The Balaban J connectivity index is 2.08. The van der Waals surface area contributed by atoms with Gasteiger partial charge in [-0.05, 0) is 23.8 Å². The third-order valence-electron chi connectivity index (χ3n) is 2.39. The molecule has 3 nitrogen and oxygen atoms in total. The molecule has 5 heteroatoms. The van der Waals surface area contributed by atoms with Gasteiger partial charge in [-0.25, -0.2) is 8.78 Å². The fraction of sp³-hybridized carbons (Fsp3) is 0.250. The quantitative estimate of drug-likeness (QED) is 0.818. The summed E-state index contributed by atoms with van der Waals surface area (Å²) in [5.41, 5.74) is 0.785. The summed E-state index contributed by atoms with van der Waals surface area (Å²) >= 11 is 0. The maximum atomic E-state index is 12.3. The molecule has 0 amide bonds. The van der Waals surface area contributed by atoms with E-state index in [2.05, 4.69) is 5.10 Å². The summed E-state index contributed by atoms with van der Waals surface area (Å²) in [5, 5.41) is 3.78. The number of benzene rings is 1. The summed E-state index contributed by atoms with van der Waals surface area (Å²) in [6.45, 7) is 0.469. The summed E-state index contributed by atoms with van der Waals surface area (Å²) in [7, 11) is 1.59. The minimum Gasteiger partial charge on any atom is -0.497 e. The molecule has 90 valence electrons. The van der Waals surface area contributed by atoms with Crippen LogP contribution in [0.5, 0.6) is 5.75 Å².